The number of benzene rings is 1. The molecule has 0 saturated heterocycles. The topological polar surface area (TPSA) is 17.1 Å². The second kappa shape index (κ2) is 5.98. The highest BCUT2D eigenvalue weighted by Gasteiger charge is 2.32. The molecule has 0 fully saturated rings. The van der Waals surface area contributed by atoms with Crippen molar-refractivity contribution in [2.24, 2.45) is 0 Å². The summed E-state index contributed by atoms with van der Waals surface area (Å²) in [5, 5.41) is 0.315. The van der Waals surface area contributed by atoms with Gasteiger partial charge >= 0.3 is 0 Å². The number of rotatable bonds is 4. The Morgan fingerprint density at radius 1 is 1.37 bits per heavy atom. The molecule has 1 aliphatic rings. The highest BCUT2D eigenvalue weighted by molar-refractivity contribution is 7.99. The van der Waals surface area contributed by atoms with E-state index >= 15 is 0 Å². The van der Waals surface area contributed by atoms with Crippen LogP contribution in [-0.4, -0.2) is 22.2 Å². The molecule has 1 aromatic carbocycles. The van der Waals surface area contributed by atoms with Gasteiger partial charge in [0.25, 0.3) is 0 Å². The van der Waals surface area contributed by atoms with Crippen LogP contribution in [0.1, 0.15) is 23.7 Å². The number of ketones is 1. The molecule has 1 aliphatic carbocycles. The van der Waals surface area contributed by atoms with Gasteiger partial charge in [0.1, 0.15) is 0 Å². The lowest BCUT2D eigenvalue weighted by Crippen LogP contribution is -2.31. The lowest BCUT2D eigenvalue weighted by molar-refractivity contribution is 0.103. The Morgan fingerprint density at radius 3 is 2.58 bits per heavy atom. The van der Waals surface area contributed by atoms with Gasteiger partial charge in [0.05, 0.1) is 4.87 Å². The summed E-state index contributed by atoms with van der Waals surface area (Å²) >= 11 is 8.32. The van der Waals surface area contributed by atoms with Crippen LogP contribution in [-0.2, 0) is 0 Å². The van der Waals surface area contributed by atoms with Crippen LogP contribution in [0.15, 0.2) is 54.1 Å². The van der Waals surface area contributed by atoms with Gasteiger partial charge in [-0.15, -0.1) is 11.6 Å². The summed E-state index contributed by atoms with van der Waals surface area (Å²) in [6.07, 6.45) is 8.53. The average Bonchev–Trinajstić information content (AvgIpc) is 2.47. The van der Waals surface area contributed by atoms with Crippen molar-refractivity contribution in [3.05, 3.63) is 59.7 Å². The van der Waals surface area contributed by atoms with Crippen LogP contribution in [0.3, 0.4) is 0 Å². The Hall–Kier alpha value is -0.990. The number of hydrogen-bond donors (Lipinski definition) is 0. The summed E-state index contributed by atoms with van der Waals surface area (Å²) in [6.45, 7) is 2.11. The summed E-state index contributed by atoms with van der Waals surface area (Å²) in [7, 11) is 0. The second-order valence-electron chi connectivity index (χ2n) is 4.70. The van der Waals surface area contributed by atoms with Crippen molar-refractivity contribution in [3.8, 4) is 0 Å². The van der Waals surface area contributed by atoms with Gasteiger partial charge in [-0.3, -0.25) is 4.79 Å². The predicted octanol–water partition coefficient (Wildman–Crippen LogP) is 4.48. The Labute approximate surface area is 123 Å². The largest absolute Gasteiger partial charge is 0.289 e. The Bertz CT molecular complexity index is 521. The van der Waals surface area contributed by atoms with E-state index in [1.54, 1.807) is 11.8 Å². The summed E-state index contributed by atoms with van der Waals surface area (Å²) in [6, 6.07) is 9.34. The van der Waals surface area contributed by atoms with Gasteiger partial charge in [-0.2, -0.15) is 11.8 Å². The van der Waals surface area contributed by atoms with E-state index in [1.165, 1.54) is 0 Å². The van der Waals surface area contributed by atoms with E-state index in [4.69, 9.17) is 11.6 Å². The molecule has 0 saturated carbocycles. The third-order valence-electron chi connectivity index (χ3n) is 3.50. The fourth-order valence-corrected chi connectivity index (χ4v) is 3.03. The minimum absolute atomic E-state index is 0.0624. The first-order valence-electron chi connectivity index (χ1n) is 6.27. The fraction of sp³-hybridized carbons (Fsp3) is 0.312. The quantitative estimate of drug-likeness (QED) is 0.601. The SMILES string of the molecule is CSC(C)C1(Cl)C=CC(C(=O)c2ccccc2)=CC1. The van der Waals surface area contributed by atoms with Crippen LogP contribution < -0.4 is 0 Å². The molecule has 2 atom stereocenters. The average molecular weight is 293 g/mol. The van der Waals surface area contributed by atoms with Crippen molar-refractivity contribution in [2.75, 3.05) is 6.26 Å². The van der Waals surface area contributed by atoms with Crippen molar-refractivity contribution in [1.29, 1.82) is 0 Å². The molecule has 0 N–H and O–H groups in total. The van der Waals surface area contributed by atoms with Crippen LogP contribution in [0.2, 0.25) is 0 Å². The summed E-state index contributed by atoms with van der Waals surface area (Å²) in [5.74, 6) is 0.0624. The summed E-state index contributed by atoms with van der Waals surface area (Å²) in [4.78, 5) is 11.9. The number of Topliss-reactive ketones (excluding diaryl/α,β-unsaturated/α-hetero) is 1. The van der Waals surface area contributed by atoms with Crippen LogP contribution in [0.4, 0.5) is 0 Å². The molecule has 1 aromatic rings. The van der Waals surface area contributed by atoms with Crippen LogP contribution in [0.25, 0.3) is 0 Å². The first-order valence-corrected chi connectivity index (χ1v) is 7.94. The number of halogens is 1. The van der Waals surface area contributed by atoms with Crippen molar-refractivity contribution in [2.45, 2.75) is 23.5 Å². The molecule has 0 heterocycles. The van der Waals surface area contributed by atoms with E-state index in [0.717, 1.165) is 11.1 Å². The molecule has 100 valence electrons. The Kier molecular flexibility index (Phi) is 4.54. The maximum absolute atomic E-state index is 12.3. The molecular formula is C16H17ClOS. The molecule has 2 unspecified atom stereocenters. The zero-order valence-corrected chi connectivity index (χ0v) is 12.7. The molecule has 0 spiro atoms. The van der Waals surface area contributed by atoms with Crippen molar-refractivity contribution in [3.63, 3.8) is 0 Å². The summed E-state index contributed by atoms with van der Waals surface area (Å²) in [5.41, 5.74) is 1.45. The van der Waals surface area contributed by atoms with Crippen LogP contribution in [0, 0.1) is 0 Å². The third-order valence-corrected chi connectivity index (χ3v) is 5.37. The lowest BCUT2D eigenvalue weighted by atomic mass is 9.90. The van der Waals surface area contributed by atoms with E-state index in [0.29, 0.717) is 11.7 Å². The Balaban J connectivity index is 2.15. The standard InChI is InChI=1S/C16H17ClOS/c1-12(19-2)16(17)10-8-14(9-11-16)15(18)13-6-4-3-5-7-13/h3-10,12H,11H2,1-2H3. The highest BCUT2D eigenvalue weighted by Crippen LogP contribution is 2.36. The van der Waals surface area contributed by atoms with E-state index < -0.39 is 0 Å². The molecule has 0 aromatic heterocycles. The zero-order chi connectivity index (χ0) is 13.9. The number of allylic oxidation sites excluding steroid dienone is 4. The van der Waals surface area contributed by atoms with E-state index in [2.05, 4.69) is 13.2 Å². The normalized spacial score (nSPS) is 23.8. The van der Waals surface area contributed by atoms with Gasteiger partial charge < -0.3 is 0 Å². The number of carbonyl (C=O) groups excluding carboxylic acids is 1. The van der Waals surface area contributed by atoms with Crippen molar-refractivity contribution < 1.29 is 4.79 Å². The molecule has 0 amide bonds. The summed E-state index contributed by atoms with van der Waals surface area (Å²) < 4.78 is 0. The molecule has 0 radical (unpaired) electrons. The van der Waals surface area contributed by atoms with Gasteiger partial charge in [-0.25, -0.2) is 0 Å². The highest BCUT2D eigenvalue weighted by atomic mass is 35.5. The van der Waals surface area contributed by atoms with Crippen LogP contribution >= 0.6 is 23.4 Å². The molecule has 19 heavy (non-hydrogen) atoms. The molecule has 1 nitrogen and oxygen atoms in total. The minimum Gasteiger partial charge on any atom is -0.289 e. The Morgan fingerprint density at radius 2 is 2.05 bits per heavy atom. The number of alkyl halides is 1. The van der Waals surface area contributed by atoms with E-state index in [9.17, 15) is 4.79 Å². The lowest BCUT2D eigenvalue weighted by Gasteiger charge is -2.30. The van der Waals surface area contributed by atoms with Crippen molar-refractivity contribution in [1.82, 2.24) is 0 Å². The predicted molar refractivity (Wildman–Crippen MR) is 84.2 cm³/mol. The zero-order valence-electron chi connectivity index (χ0n) is 11.1. The smallest absolute Gasteiger partial charge is 0.192 e. The van der Waals surface area contributed by atoms with E-state index in [1.807, 2.05) is 48.6 Å². The number of thioether (sulfide) groups is 1. The first kappa shape index (κ1) is 14.4. The van der Waals surface area contributed by atoms with Gasteiger partial charge in [0.15, 0.2) is 5.78 Å². The number of hydrogen-bond acceptors (Lipinski definition) is 2. The van der Waals surface area contributed by atoms with Crippen molar-refractivity contribution >= 4 is 29.1 Å². The first-order chi connectivity index (χ1) is 9.07. The monoisotopic (exact) mass is 292 g/mol. The van der Waals surface area contributed by atoms with Gasteiger partial charge in [-0.05, 0) is 12.7 Å². The molecule has 0 aliphatic heterocycles. The molecule has 0 bridgehead atoms. The molecule has 3 heteroatoms. The second-order valence-corrected chi connectivity index (χ2v) is 6.58. The molecular weight excluding hydrogens is 276 g/mol. The minimum atomic E-state index is -0.375. The van der Waals surface area contributed by atoms with Gasteiger partial charge in [0, 0.05) is 16.4 Å². The maximum Gasteiger partial charge on any atom is 0.192 e. The van der Waals surface area contributed by atoms with Gasteiger partial charge in [0.2, 0.25) is 0 Å². The molecule has 2 rings (SSSR count). The number of carbonyl (C=O) groups is 1. The van der Waals surface area contributed by atoms with E-state index in [-0.39, 0.29) is 10.7 Å². The fourth-order valence-electron chi connectivity index (χ4n) is 2.05. The third kappa shape index (κ3) is 3.13. The van der Waals surface area contributed by atoms with Gasteiger partial charge in [-0.1, -0.05) is 55.5 Å². The maximum atomic E-state index is 12.3. The van der Waals surface area contributed by atoms with Crippen LogP contribution in [0.5, 0.6) is 0 Å².